The van der Waals surface area contributed by atoms with Crippen molar-refractivity contribution in [2.75, 3.05) is 28.2 Å². The van der Waals surface area contributed by atoms with Crippen molar-refractivity contribution in [1.82, 2.24) is 67.9 Å². The van der Waals surface area contributed by atoms with Crippen LogP contribution in [0.3, 0.4) is 0 Å². The van der Waals surface area contributed by atoms with E-state index in [0.717, 1.165) is 66.8 Å². The summed E-state index contributed by atoms with van der Waals surface area (Å²) in [4.78, 5) is 38.8. The molecule has 125 heavy (non-hydrogen) atoms. The molecular formula is C92H112F4N16O12Y. The summed E-state index contributed by atoms with van der Waals surface area (Å²) < 4.78 is 126. The second-order valence-electron chi connectivity index (χ2n) is 33.9. The van der Waals surface area contributed by atoms with Crippen LogP contribution >= 0.6 is 0 Å². The summed E-state index contributed by atoms with van der Waals surface area (Å²) in [5.74, 6) is -1.51. The van der Waals surface area contributed by atoms with Crippen molar-refractivity contribution in [2.45, 2.75) is 252 Å². The van der Waals surface area contributed by atoms with Gasteiger partial charge < -0.3 is 91.4 Å². The molecule has 4 aromatic carbocycles. The standard InChI is InChI=1S/C24H29FN4O3.C22H25FN4O3.C22H21FN4O3.C21H25FN4O3.3CH4.Y/c1-14-17-8-9-29(23(17)27-13-26-14)18-11-20(22-21(18)31-24(2,3)32-22)30-19-7-6-16(25)10-15(19)12-28(4)5;2*1-12-15-6-7-27(21(15)26-11-25-12)16-9-18(20-19(16)29-22(2,3)30-20)28-17-5-4-14(23)8-13(17)10-24;1-12-15-6-7-26(21(15)24-11-23-12)16-9-18(20(28)19(16)27)29-17-5-4-14(22)8-13(17)10-25(2)3;;;;/h6-10,13,18,20-22H,11-12H2,1-5H3;4-8,11,16,18-20H,9-10,24H2,1-3H3;4-8,11,16,18-20H,9H2,1-3H3;4-8,11,16,18-20,27-28H,9-10H2,1-3H3;3*1H4;/t18-,20+,21+,22-;3*16-,18+,19+,20-;;;;/m1111..../s1. The minimum Gasteiger partial charge on any atom is -0.487 e. The number of benzene rings is 4. The average Bonchev–Trinajstić information content (AvgIpc) is 1.59. The molecule has 7 fully saturated rings. The molecule has 0 unspecified atom stereocenters. The van der Waals surface area contributed by atoms with E-state index in [0.29, 0.717) is 78.5 Å². The van der Waals surface area contributed by atoms with Gasteiger partial charge in [0, 0.05) is 141 Å². The predicted octanol–water partition coefficient (Wildman–Crippen LogP) is 14.7. The number of nitrogens with zero attached hydrogens (tertiary/aromatic N) is 15. The summed E-state index contributed by atoms with van der Waals surface area (Å²) in [6, 6.07) is 26.9. The number of halogens is 4. The first-order valence-corrected chi connectivity index (χ1v) is 40.6. The van der Waals surface area contributed by atoms with Gasteiger partial charge in [0.25, 0.3) is 0 Å². The van der Waals surface area contributed by atoms with E-state index in [1.807, 2.05) is 167 Å². The normalized spacial score (nSPS) is 25.6. The second kappa shape index (κ2) is 38.2. The van der Waals surface area contributed by atoms with E-state index in [1.54, 1.807) is 37.2 Å². The molecule has 19 rings (SSSR count). The molecule has 4 saturated carbocycles. The Morgan fingerprint density at radius 3 is 1.02 bits per heavy atom. The monoisotopic (exact) mass is 1800 g/mol. The van der Waals surface area contributed by atoms with Gasteiger partial charge in [0.2, 0.25) is 0 Å². The number of nitrogens with two attached hydrogens (primary N) is 1. The molecule has 0 amide bonds. The Balaban J connectivity index is 0.000000150. The maximum Gasteiger partial charge on any atom is 0.164 e. The number of nitriles is 1. The molecule has 12 aromatic rings. The van der Waals surface area contributed by atoms with Gasteiger partial charge in [-0.15, -0.1) is 0 Å². The first-order chi connectivity index (χ1) is 57.8. The Kier molecular flexibility index (Phi) is 28.9. The number of rotatable bonds is 17. The fourth-order valence-electron chi connectivity index (χ4n) is 18.1. The topological polar surface area (TPSA) is 312 Å². The van der Waals surface area contributed by atoms with Crippen molar-refractivity contribution in [3.63, 3.8) is 0 Å². The minimum absolute atomic E-state index is 0. The molecule has 0 bridgehead atoms. The van der Waals surface area contributed by atoms with Crippen LogP contribution in [-0.4, -0.2) is 197 Å². The van der Waals surface area contributed by atoms with Gasteiger partial charge in [-0.2, -0.15) is 5.26 Å². The largest absolute Gasteiger partial charge is 0.487 e. The first kappa shape index (κ1) is 94.6. The Morgan fingerprint density at radius 2 is 0.688 bits per heavy atom. The SMILES string of the molecule is C.C.C.Cc1ncnc2c1ccn2[C@@H]1C[C@H](Oc2ccc(F)cc2C#N)[C@H]2OC(C)(C)O[C@H]21.Cc1ncnc2c1ccn2[C@@H]1C[C@H](Oc2ccc(F)cc2CN(C)C)[C@@H](O)[C@H]1O.Cc1ncnc2c1ccn2[C@@H]1C[C@H](Oc2ccc(F)cc2CN(C)C)[C@H]2OC(C)(C)O[C@H]21.Cc1ncnc2c1ccn2[C@@H]1C[C@H](Oc2ccc(F)cc2CN)[C@H]2OC(C)(C)O[C@H]21.[Y]. The van der Waals surface area contributed by atoms with Crippen molar-refractivity contribution in [3.05, 3.63) is 215 Å². The molecule has 4 N–H and O–H groups in total. The molecule has 28 nitrogen and oxygen atoms in total. The Bertz CT molecular complexity index is 5840. The molecule has 7 aliphatic rings. The summed E-state index contributed by atoms with van der Waals surface area (Å²) in [7, 11) is 7.68. The van der Waals surface area contributed by atoms with Gasteiger partial charge in [-0.1, -0.05) is 22.3 Å². The van der Waals surface area contributed by atoms with E-state index < -0.39 is 41.5 Å². The Morgan fingerprint density at radius 1 is 0.408 bits per heavy atom. The van der Waals surface area contributed by atoms with Crippen LogP contribution in [0.1, 0.15) is 159 Å². The zero-order valence-electron chi connectivity index (χ0n) is 70.4. The minimum atomic E-state index is -1.07. The van der Waals surface area contributed by atoms with E-state index in [1.165, 1.54) is 60.9 Å². The fourth-order valence-corrected chi connectivity index (χ4v) is 18.1. The summed E-state index contributed by atoms with van der Waals surface area (Å²) in [5.41, 5.74) is 15.0. The van der Waals surface area contributed by atoms with Crippen molar-refractivity contribution >= 4 is 44.1 Å². The molecule has 16 atom stereocenters. The van der Waals surface area contributed by atoms with Gasteiger partial charge >= 0.3 is 0 Å². The second-order valence-corrected chi connectivity index (χ2v) is 33.9. The number of aliphatic hydroxyl groups excluding tert-OH is 2. The molecule has 663 valence electrons. The third-order valence-corrected chi connectivity index (χ3v) is 23.4. The Hall–Kier alpha value is -9.57. The van der Waals surface area contributed by atoms with Crippen LogP contribution in [0, 0.1) is 62.3 Å². The number of hydrogen-bond donors (Lipinski definition) is 3. The summed E-state index contributed by atoms with van der Waals surface area (Å²) in [5, 5.41) is 34.6. The molecule has 3 saturated heterocycles. The van der Waals surface area contributed by atoms with Crippen LogP contribution in [0.4, 0.5) is 17.6 Å². The number of aliphatic hydroxyl groups is 2. The summed E-state index contributed by atoms with van der Waals surface area (Å²) >= 11 is 0. The van der Waals surface area contributed by atoms with Crippen LogP contribution < -0.4 is 24.7 Å². The van der Waals surface area contributed by atoms with Crippen LogP contribution in [-0.2, 0) is 80.8 Å². The van der Waals surface area contributed by atoms with Gasteiger partial charge in [0.15, 0.2) is 17.4 Å². The van der Waals surface area contributed by atoms with Crippen LogP contribution in [0.5, 0.6) is 23.0 Å². The number of ether oxygens (including phenoxy) is 10. The van der Waals surface area contributed by atoms with E-state index in [4.69, 9.17) is 53.1 Å². The Labute approximate surface area is 750 Å². The third kappa shape index (κ3) is 19.5. The zero-order valence-corrected chi connectivity index (χ0v) is 73.2. The van der Waals surface area contributed by atoms with Crippen molar-refractivity contribution < 1.29 is 108 Å². The molecule has 11 heterocycles. The predicted molar refractivity (Wildman–Crippen MR) is 458 cm³/mol. The van der Waals surface area contributed by atoms with E-state index in [2.05, 4.69) is 53.6 Å². The van der Waals surface area contributed by atoms with Gasteiger partial charge in [-0.25, -0.2) is 57.4 Å². The maximum atomic E-state index is 13.9. The molecule has 8 aromatic heterocycles. The first-order valence-electron chi connectivity index (χ1n) is 40.6. The third-order valence-electron chi connectivity index (χ3n) is 23.4. The quantitative estimate of drug-likeness (QED) is 0.0713. The van der Waals surface area contributed by atoms with Crippen molar-refractivity contribution in [3.8, 4) is 29.1 Å². The van der Waals surface area contributed by atoms with E-state index in [9.17, 15) is 33.0 Å². The molecule has 33 heteroatoms. The molecular weight excluding hydrogens is 1690 g/mol. The number of aryl methyl sites for hydroxylation is 4. The molecule has 1 radical (unpaired) electrons. The summed E-state index contributed by atoms with van der Waals surface area (Å²) in [6.45, 7) is 20.5. The smallest absolute Gasteiger partial charge is 0.164 e. The zero-order chi connectivity index (χ0) is 85.4. The van der Waals surface area contributed by atoms with Crippen LogP contribution in [0.2, 0.25) is 0 Å². The molecule has 0 spiro atoms. The maximum absolute atomic E-state index is 13.9. The number of fused-ring (bicyclic) bond motifs is 7. The number of hydrogen-bond acceptors (Lipinski definition) is 24. The van der Waals surface area contributed by atoms with Crippen LogP contribution in [0.25, 0.3) is 44.1 Å². The van der Waals surface area contributed by atoms with Gasteiger partial charge in [0.1, 0.15) is 173 Å². The average molecular weight is 1800 g/mol. The van der Waals surface area contributed by atoms with Crippen molar-refractivity contribution in [2.24, 2.45) is 5.73 Å². The number of aromatic nitrogens is 12. The molecule has 4 aliphatic carbocycles. The van der Waals surface area contributed by atoms with E-state index >= 15 is 0 Å². The fraction of sp³-hybridized carbons (Fsp3) is 0.467. The van der Waals surface area contributed by atoms with Gasteiger partial charge in [0.05, 0.1) is 52.5 Å². The van der Waals surface area contributed by atoms with Gasteiger partial charge in [-0.05, 0) is 194 Å². The van der Waals surface area contributed by atoms with Crippen LogP contribution in [0.15, 0.2) is 147 Å². The van der Waals surface area contributed by atoms with Gasteiger partial charge in [-0.3, -0.25) is 0 Å². The van der Waals surface area contributed by atoms with Crippen molar-refractivity contribution in [1.29, 1.82) is 5.26 Å². The van der Waals surface area contributed by atoms with E-state index in [-0.39, 0.29) is 164 Å². The summed E-state index contributed by atoms with van der Waals surface area (Å²) in [6.07, 6.45) is 11.4. The molecule has 3 aliphatic heterocycles.